The van der Waals surface area contributed by atoms with E-state index in [0.29, 0.717) is 13.0 Å². The standard InChI is InChI=1S/C13H15NO.C13H11NO.C3H8/c2*1-15-12-6-5-10-3-2-4-11(7-8-14)13(10)9-12;1-3-2/h2-6,9H,7-8,14H2,1H3;2-6,9H,7H2,1H3;3H2,1-2H3. The predicted molar refractivity (Wildman–Crippen MR) is 139 cm³/mol. The first kappa shape index (κ1) is 25.7. The van der Waals surface area contributed by atoms with Gasteiger partial charge < -0.3 is 15.2 Å². The Bertz CT molecular complexity index is 1200. The SMILES string of the molecule is CCC.COc1ccc2cccc(CC#N)c2c1.COc1ccc2cccc(CCN)c2c1. The molecule has 4 heteroatoms. The zero-order valence-electron chi connectivity index (χ0n) is 20.1. The van der Waals surface area contributed by atoms with Crippen LogP contribution in [0.4, 0.5) is 0 Å². The van der Waals surface area contributed by atoms with Crippen molar-refractivity contribution in [3.05, 3.63) is 83.9 Å². The molecule has 0 saturated carbocycles. The zero-order chi connectivity index (χ0) is 24.1. The molecule has 0 bridgehead atoms. The molecular weight excluding hydrogens is 408 g/mol. The third kappa shape index (κ3) is 7.24. The Morgan fingerprint density at radius 1 is 0.758 bits per heavy atom. The molecule has 0 atom stereocenters. The Kier molecular flexibility index (Phi) is 10.7. The lowest BCUT2D eigenvalue weighted by atomic mass is 10.0. The van der Waals surface area contributed by atoms with E-state index >= 15 is 0 Å². The number of nitrogens with two attached hydrogens (primary N) is 1. The van der Waals surface area contributed by atoms with Gasteiger partial charge in [0.2, 0.25) is 0 Å². The van der Waals surface area contributed by atoms with Crippen LogP contribution in [0.2, 0.25) is 0 Å². The fourth-order valence-corrected chi connectivity index (χ4v) is 3.50. The minimum Gasteiger partial charge on any atom is -0.497 e. The Balaban J connectivity index is 0.000000209. The zero-order valence-corrected chi connectivity index (χ0v) is 20.1. The van der Waals surface area contributed by atoms with E-state index in [1.54, 1.807) is 14.2 Å². The molecule has 0 unspecified atom stereocenters. The van der Waals surface area contributed by atoms with Gasteiger partial charge in [0.25, 0.3) is 0 Å². The van der Waals surface area contributed by atoms with Gasteiger partial charge in [-0.25, -0.2) is 0 Å². The number of hydrogen-bond acceptors (Lipinski definition) is 4. The highest BCUT2D eigenvalue weighted by Gasteiger charge is 2.02. The first-order chi connectivity index (χ1) is 16.1. The molecule has 4 aromatic carbocycles. The quantitative estimate of drug-likeness (QED) is 0.374. The van der Waals surface area contributed by atoms with E-state index in [1.807, 2.05) is 42.5 Å². The fourth-order valence-electron chi connectivity index (χ4n) is 3.50. The average molecular weight is 443 g/mol. The van der Waals surface area contributed by atoms with Gasteiger partial charge in [0.05, 0.1) is 26.7 Å². The van der Waals surface area contributed by atoms with Crippen LogP contribution >= 0.6 is 0 Å². The van der Waals surface area contributed by atoms with Crippen LogP contribution in [0.25, 0.3) is 21.5 Å². The number of ether oxygens (including phenoxy) is 2. The molecule has 4 aromatic rings. The summed E-state index contributed by atoms with van der Waals surface area (Å²) in [5.74, 6) is 1.72. The molecule has 0 aromatic heterocycles. The number of nitriles is 1. The average Bonchev–Trinajstić information content (AvgIpc) is 2.85. The molecule has 0 radical (unpaired) electrons. The fraction of sp³-hybridized carbons (Fsp3) is 0.276. The van der Waals surface area contributed by atoms with E-state index in [0.717, 1.165) is 34.3 Å². The molecule has 0 spiro atoms. The molecule has 0 saturated heterocycles. The second-order valence-corrected chi connectivity index (χ2v) is 7.59. The third-order valence-corrected chi connectivity index (χ3v) is 5.04. The number of fused-ring (bicyclic) bond motifs is 2. The Morgan fingerprint density at radius 3 is 1.70 bits per heavy atom. The molecule has 0 aliphatic heterocycles. The smallest absolute Gasteiger partial charge is 0.119 e. The number of methoxy groups -OCH3 is 2. The van der Waals surface area contributed by atoms with Crippen molar-refractivity contribution in [2.75, 3.05) is 20.8 Å². The van der Waals surface area contributed by atoms with E-state index in [1.165, 1.54) is 22.8 Å². The van der Waals surface area contributed by atoms with E-state index in [9.17, 15) is 0 Å². The first-order valence-electron chi connectivity index (χ1n) is 11.3. The van der Waals surface area contributed by atoms with Gasteiger partial charge in [0, 0.05) is 0 Å². The summed E-state index contributed by atoms with van der Waals surface area (Å²) in [5.41, 5.74) is 7.93. The van der Waals surface area contributed by atoms with Crippen molar-refractivity contribution in [2.24, 2.45) is 5.73 Å². The lowest BCUT2D eigenvalue weighted by molar-refractivity contribution is 0.415. The van der Waals surface area contributed by atoms with Gasteiger partial charge in [-0.1, -0.05) is 68.8 Å². The number of nitrogens with zero attached hydrogens (tertiary/aromatic N) is 1. The highest BCUT2D eigenvalue weighted by molar-refractivity contribution is 5.88. The number of rotatable bonds is 5. The summed E-state index contributed by atoms with van der Waals surface area (Å²) in [6.07, 6.45) is 2.59. The highest BCUT2D eigenvalue weighted by atomic mass is 16.5. The summed E-state index contributed by atoms with van der Waals surface area (Å²) in [5, 5.41) is 13.4. The number of benzene rings is 4. The van der Waals surface area contributed by atoms with Crippen LogP contribution in [-0.2, 0) is 12.8 Å². The normalized spacial score (nSPS) is 9.82. The van der Waals surface area contributed by atoms with E-state index in [4.69, 9.17) is 20.5 Å². The predicted octanol–water partition coefficient (Wildman–Crippen LogP) is 6.68. The summed E-state index contributed by atoms with van der Waals surface area (Å²) in [7, 11) is 3.33. The maximum atomic E-state index is 8.72. The maximum Gasteiger partial charge on any atom is 0.119 e. The van der Waals surface area contributed by atoms with Gasteiger partial charge in [-0.05, 0) is 69.9 Å². The largest absolute Gasteiger partial charge is 0.497 e. The lowest BCUT2D eigenvalue weighted by Gasteiger charge is -2.07. The summed E-state index contributed by atoms with van der Waals surface area (Å²) in [4.78, 5) is 0. The van der Waals surface area contributed by atoms with E-state index in [-0.39, 0.29) is 0 Å². The van der Waals surface area contributed by atoms with Crippen LogP contribution in [0.15, 0.2) is 72.8 Å². The Morgan fingerprint density at radius 2 is 1.24 bits per heavy atom. The Labute approximate surface area is 197 Å². The van der Waals surface area contributed by atoms with Crippen LogP contribution in [0.5, 0.6) is 11.5 Å². The second-order valence-electron chi connectivity index (χ2n) is 7.59. The number of hydrogen-bond donors (Lipinski definition) is 1. The molecule has 0 aliphatic rings. The van der Waals surface area contributed by atoms with Crippen LogP contribution in [0.1, 0.15) is 31.4 Å². The highest BCUT2D eigenvalue weighted by Crippen LogP contribution is 2.25. The molecule has 172 valence electrons. The topological polar surface area (TPSA) is 68.3 Å². The molecule has 0 fully saturated rings. The van der Waals surface area contributed by atoms with Gasteiger partial charge in [-0.3, -0.25) is 0 Å². The van der Waals surface area contributed by atoms with Gasteiger partial charge in [0.1, 0.15) is 11.5 Å². The van der Waals surface area contributed by atoms with Crippen LogP contribution in [0.3, 0.4) is 0 Å². The summed E-state index contributed by atoms with van der Waals surface area (Å²) in [6, 6.07) is 26.5. The van der Waals surface area contributed by atoms with Crippen molar-refractivity contribution in [3.8, 4) is 17.6 Å². The molecule has 2 N–H and O–H groups in total. The van der Waals surface area contributed by atoms with Crippen LogP contribution in [0, 0.1) is 11.3 Å². The minimum absolute atomic E-state index is 0.435. The van der Waals surface area contributed by atoms with Crippen molar-refractivity contribution in [2.45, 2.75) is 33.1 Å². The molecule has 4 rings (SSSR count). The van der Waals surface area contributed by atoms with Crippen molar-refractivity contribution >= 4 is 21.5 Å². The molecule has 0 heterocycles. The summed E-state index contributed by atoms with van der Waals surface area (Å²) in [6.45, 7) is 4.93. The lowest BCUT2D eigenvalue weighted by Crippen LogP contribution is -2.03. The van der Waals surface area contributed by atoms with E-state index < -0.39 is 0 Å². The summed E-state index contributed by atoms with van der Waals surface area (Å²) < 4.78 is 10.4. The van der Waals surface area contributed by atoms with E-state index in [2.05, 4.69) is 50.2 Å². The third-order valence-electron chi connectivity index (χ3n) is 5.04. The van der Waals surface area contributed by atoms with Crippen molar-refractivity contribution in [3.63, 3.8) is 0 Å². The Hall–Kier alpha value is -3.55. The van der Waals surface area contributed by atoms with Crippen LogP contribution in [-0.4, -0.2) is 20.8 Å². The molecule has 0 aliphatic carbocycles. The van der Waals surface area contributed by atoms with Gasteiger partial charge in [-0.2, -0.15) is 5.26 Å². The first-order valence-corrected chi connectivity index (χ1v) is 11.3. The van der Waals surface area contributed by atoms with Gasteiger partial charge in [0.15, 0.2) is 0 Å². The molecule has 4 nitrogen and oxygen atoms in total. The van der Waals surface area contributed by atoms with Crippen molar-refractivity contribution < 1.29 is 9.47 Å². The maximum absolute atomic E-state index is 8.72. The van der Waals surface area contributed by atoms with Crippen molar-refractivity contribution in [1.29, 1.82) is 5.26 Å². The molecular formula is C29H34N2O2. The monoisotopic (exact) mass is 442 g/mol. The van der Waals surface area contributed by atoms with Crippen LogP contribution < -0.4 is 15.2 Å². The van der Waals surface area contributed by atoms with Crippen molar-refractivity contribution in [1.82, 2.24) is 0 Å². The molecule has 33 heavy (non-hydrogen) atoms. The van der Waals surface area contributed by atoms with Gasteiger partial charge in [-0.15, -0.1) is 0 Å². The summed E-state index contributed by atoms with van der Waals surface area (Å²) >= 11 is 0. The minimum atomic E-state index is 0.435. The van der Waals surface area contributed by atoms with Gasteiger partial charge >= 0.3 is 0 Å². The molecule has 0 amide bonds. The second kappa shape index (κ2) is 13.8.